The van der Waals surface area contributed by atoms with Crippen LogP contribution in [-0.2, 0) is 0 Å². The Morgan fingerprint density at radius 2 is 2.00 bits per heavy atom. The van der Waals surface area contributed by atoms with Gasteiger partial charge in [-0.05, 0) is 42.3 Å². The van der Waals surface area contributed by atoms with Crippen molar-refractivity contribution in [3.05, 3.63) is 57.5 Å². The Morgan fingerprint density at radius 3 is 2.71 bits per heavy atom. The van der Waals surface area contributed by atoms with Crippen LogP contribution in [0.3, 0.4) is 0 Å². The second kappa shape index (κ2) is 5.54. The Bertz CT molecular complexity index is 811. The van der Waals surface area contributed by atoms with Gasteiger partial charge in [0.2, 0.25) is 0 Å². The van der Waals surface area contributed by atoms with Crippen LogP contribution in [-0.4, -0.2) is 10.2 Å². The standard InChI is InChI=1S/C16H13BrClN3/c1-9-7-12(18)5-6-13(9)15-14(16(19)21-20-15)10-3-2-4-11(17)8-10/h2-8H,1H3,(H3,19,20,21). The number of nitrogens with zero attached hydrogens (tertiary/aromatic N) is 1. The average molecular weight is 363 g/mol. The summed E-state index contributed by atoms with van der Waals surface area (Å²) < 4.78 is 0.999. The summed E-state index contributed by atoms with van der Waals surface area (Å²) in [5.41, 5.74) is 11.0. The summed E-state index contributed by atoms with van der Waals surface area (Å²) in [6, 6.07) is 13.8. The molecule has 0 aliphatic heterocycles. The first kappa shape index (κ1) is 14.2. The van der Waals surface area contributed by atoms with E-state index in [-0.39, 0.29) is 0 Å². The quantitative estimate of drug-likeness (QED) is 0.670. The normalized spacial score (nSPS) is 10.8. The van der Waals surface area contributed by atoms with Crippen LogP contribution in [0, 0.1) is 6.92 Å². The molecule has 3 aromatic rings. The summed E-state index contributed by atoms with van der Waals surface area (Å²) in [6.07, 6.45) is 0. The maximum absolute atomic E-state index is 6.06. The Hall–Kier alpha value is -1.78. The van der Waals surface area contributed by atoms with Crippen molar-refractivity contribution in [3.63, 3.8) is 0 Å². The number of nitrogens with one attached hydrogen (secondary N) is 1. The number of halogens is 2. The molecule has 0 aliphatic carbocycles. The molecule has 5 heteroatoms. The summed E-state index contributed by atoms with van der Waals surface area (Å²) in [7, 11) is 0. The maximum Gasteiger partial charge on any atom is 0.153 e. The first-order valence-corrected chi connectivity index (χ1v) is 7.59. The Morgan fingerprint density at radius 1 is 1.19 bits per heavy atom. The third-order valence-electron chi connectivity index (χ3n) is 3.37. The predicted molar refractivity (Wildman–Crippen MR) is 91.3 cm³/mol. The van der Waals surface area contributed by atoms with E-state index in [0.717, 1.165) is 32.4 Å². The molecule has 106 valence electrons. The minimum absolute atomic E-state index is 0.484. The molecule has 0 aliphatic rings. The SMILES string of the molecule is Cc1cc(Cl)ccc1-c1[nH]nc(N)c1-c1cccc(Br)c1. The van der Waals surface area contributed by atoms with Gasteiger partial charge in [0.15, 0.2) is 5.82 Å². The number of aromatic nitrogens is 2. The lowest BCUT2D eigenvalue weighted by molar-refractivity contribution is 1.10. The highest BCUT2D eigenvalue weighted by Crippen LogP contribution is 2.37. The zero-order valence-corrected chi connectivity index (χ0v) is 13.7. The largest absolute Gasteiger partial charge is 0.382 e. The summed E-state index contributed by atoms with van der Waals surface area (Å²) >= 11 is 9.52. The molecule has 3 N–H and O–H groups in total. The van der Waals surface area contributed by atoms with Crippen LogP contribution in [0.25, 0.3) is 22.4 Å². The van der Waals surface area contributed by atoms with E-state index in [1.807, 2.05) is 49.4 Å². The third kappa shape index (κ3) is 2.69. The molecule has 0 fully saturated rings. The Labute approximate surface area is 136 Å². The van der Waals surface area contributed by atoms with Crippen LogP contribution in [0.2, 0.25) is 5.02 Å². The van der Waals surface area contributed by atoms with Gasteiger partial charge in [-0.2, -0.15) is 5.10 Å². The summed E-state index contributed by atoms with van der Waals surface area (Å²) in [5.74, 6) is 0.484. The molecule has 1 heterocycles. The van der Waals surface area contributed by atoms with Gasteiger partial charge in [0, 0.05) is 15.1 Å². The van der Waals surface area contributed by atoms with Gasteiger partial charge in [0.1, 0.15) is 0 Å². The predicted octanol–water partition coefficient (Wildman–Crippen LogP) is 5.05. The van der Waals surface area contributed by atoms with Gasteiger partial charge in [-0.25, -0.2) is 0 Å². The number of aromatic amines is 1. The van der Waals surface area contributed by atoms with E-state index in [0.29, 0.717) is 10.8 Å². The zero-order chi connectivity index (χ0) is 15.0. The van der Waals surface area contributed by atoms with Gasteiger partial charge in [0.25, 0.3) is 0 Å². The molecule has 0 amide bonds. The van der Waals surface area contributed by atoms with E-state index in [1.54, 1.807) is 0 Å². The van der Waals surface area contributed by atoms with Crippen LogP contribution >= 0.6 is 27.5 Å². The Kier molecular flexibility index (Phi) is 3.74. The summed E-state index contributed by atoms with van der Waals surface area (Å²) in [4.78, 5) is 0. The number of rotatable bonds is 2. The van der Waals surface area contributed by atoms with E-state index in [2.05, 4.69) is 26.1 Å². The molecular weight excluding hydrogens is 350 g/mol. The molecule has 2 aromatic carbocycles. The fourth-order valence-electron chi connectivity index (χ4n) is 2.39. The molecule has 21 heavy (non-hydrogen) atoms. The lowest BCUT2D eigenvalue weighted by Crippen LogP contribution is -1.90. The molecular formula is C16H13BrClN3. The molecule has 0 unspecified atom stereocenters. The molecule has 0 bridgehead atoms. The highest BCUT2D eigenvalue weighted by atomic mass is 79.9. The zero-order valence-electron chi connectivity index (χ0n) is 11.3. The molecule has 0 spiro atoms. The number of benzene rings is 2. The van der Waals surface area contributed by atoms with Crippen molar-refractivity contribution >= 4 is 33.3 Å². The van der Waals surface area contributed by atoms with Crippen molar-refractivity contribution in [1.29, 1.82) is 0 Å². The third-order valence-corrected chi connectivity index (χ3v) is 4.09. The topological polar surface area (TPSA) is 54.7 Å². The first-order valence-electron chi connectivity index (χ1n) is 6.42. The molecule has 0 atom stereocenters. The number of nitrogens with two attached hydrogens (primary N) is 1. The van der Waals surface area contributed by atoms with Gasteiger partial charge in [-0.3, -0.25) is 5.10 Å². The Balaban J connectivity index is 2.22. The van der Waals surface area contributed by atoms with Crippen LogP contribution in [0.5, 0.6) is 0 Å². The van der Waals surface area contributed by atoms with Crippen molar-refractivity contribution in [2.75, 3.05) is 5.73 Å². The minimum atomic E-state index is 0.484. The van der Waals surface area contributed by atoms with E-state index < -0.39 is 0 Å². The van der Waals surface area contributed by atoms with Crippen molar-refractivity contribution in [1.82, 2.24) is 10.2 Å². The van der Waals surface area contributed by atoms with Gasteiger partial charge in [0.05, 0.1) is 11.3 Å². The average Bonchev–Trinajstić information content (AvgIpc) is 2.80. The summed E-state index contributed by atoms with van der Waals surface area (Å²) in [5, 5.41) is 7.92. The fourth-order valence-corrected chi connectivity index (χ4v) is 3.02. The van der Waals surface area contributed by atoms with E-state index in [4.69, 9.17) is 17.3 Å². The monoisotopic (exact) mass is 361 g/mol. The smallest absolute Gasteiger partial charge is 0.153 e. The molecule has 1 aromatic heterocycles. The molecule has 0 saturated heterocycles. The molecule has 3 nitrogen and oxygen atoms in total. The van der Waals surface area contributed by atoms with E-state index >= 15 is 0 Å². The number of aryl methyl sites for hydroxylation is 1. The summed E-state index contributed by atoms with van der Waals surface area (Å²) in [6.45, 7) is 2.02. The number of anilines is 1. The molecule has 0 radical (unpaired) electrons. The highest BCUT2D eigenvalue weighted by Gasteiger charge is 2.16. The van der Waals surface area contributed by atoms with E-state index in [1.165, 1.54) is 0 Å². The van der Waals surface area contributed by atoms with Crippen LogP contribution in [0.4, 0.5) is 5.82 Å². The fraction of sp³-hybridized carbons (Fsp3) is 0.0625. The second-order valence-corrected chi connectivity index (χ2v) is 6.18. The molecule has 0 saturated carbocycles. The van der Waals surface area contributed by atoms with Gasteiger partial charge in [-0.15, -0.1) is 0 Å². The van der Waals surface area contributed by atoms with Crippen LogP contribution in [0.15, 0.2) is 46.9 Å². The van der Waals surface area contributed by atoms with Crippen LogP contribution < -0.4 is 5.73 Å². The number of hydrogen-bond acceptors (Lipinski definition) is 2. The van der Waals surface area contributed by atoms with Crippen molar-refractivity contribution < 1.29 is 0 Å². The first-order chi connectivity index (χ1) is 10.1. The number of H-pyrrole nitrogens is 1. The van der Waals surface area contributed by atoms with Crippen LogP contribution in [0.1, 0.15) is 5.56 Å². The molecule has 3 rings (SSSR count). The van der Waals surface area contributed by atoms with E-state index in [9.17, 15) is 0 Å². The van der Waals surface area contributed by atoms with Gasteiger partial charge < -0.3 is 5.73 Å². The number of hydrogen-bond donors (Lipinski definition) is 2. The lowest BCUT2D eigenvalue weighted by atomic mass is 9.98. The van der Waals surface area contributed by atoms with Crippen molar-refractivity contribution in [2.45, 2.75) is 6.92 Å². The second-order valence-electron chi connectivity index (χ2n) is 4.83. The van der Waals surface area contributed by atoms with Crippen molar-refractivity contribution in [2.24, 2.45) is 0 Å². The highest BCUT2D eigenvalue weighted by molar-refractivity contribution is 9.10. The van der Waals surface area contributed by atoms with Crippen molar-refractivity contribution in [3.8, 4) is 22.4 Å². The number of nitrogen functional groups attached to an aromatic ring is 1. The van der Waals surface area contributed by atoms with Gasteiger partial charge in [-0.1, -0.05) is 45.7 Å². The minimum Gasteiger partial charge on any atom is -0.382 e. The lowest BCUT2D eigenvalue weighted by Gasteiger charge is -2.08. The van der Waals surface area contributed by atoms with Gasteiger partial charge >= 0.3 is 0 Å². The maximum atomic E-state index is 6.06.